The largest absolute Gasteiger partial charge is 0.458 e. The number of carbonyl (C=O) groups excluding carboxylic acids is 1. The molecule has 2 spiro atoms. The summed E-state index contributed by atoms with van der Waals surface area (Å²) in [4.78, 5) is 12.1. The summed E-state index contributed by atoms with van der Waals surface area (Å²) in [5.41, 5.74) is 1.64. The van der Waals surface area contributed by atoms with Crippen LogP contribution in [0.25, 0.3) is 0 Å². The zero-order valence-corrected chi connectivity index (χ0v) is 20.0. The van der Waals surface area contributed by atoms with Gasteiger partial charge in [0.15, 0.2) is 5.60 Å². The summed E-state index contributed by atoms with van der Waals surface area (Å²) in [5.74, 6) is 1.25. The number of esters is 1. The number of ether oxygens (including phenoxy) is 4. The first-order valence-electron chi connectivity index (χ1n) is 12.2. The van der Waals surface area contributed by atoms with Crippen molar-refractivity contribution in [2.45, 2.75) is 104 Å². The van der Waals surface area contributed by atoms with Gasteiger partial charge >= 0.3 is 5.97 Å². The van der Waals surface area contributed by atoms with Crippen molar-refractivity contribution < 1.29 is 23.7 Å². The lowest BCUT2D eigenvalue weighted by molar-refractivity contribution is -0.136. The average Bonchev–Trinajstić information content (AvgIpc) is 3.64. The second-order valence-corrected chi connectivity index (χ2v) is 9.83. The molecule has 3 aliphatic carbocycles. The van der Waals surface area contributed by atoms with Gasteiger partial charge in [-0.05, 0) is 49.0 Å². The Morgan fingerprint density at radius 3 is 2.40 bits per heavy atom. The van der Waals surface area contributed by atoms with Crippen LogP contribution in [0.3, 0.4) is 0 Å². The quantitative estimate of drug-likeness (QED) is 0.480. The molecule has 5 nitrogen and oxygen atoms in total. The standard InChI is InChI=1S/C21H28O5.2C2H6/c1-10(2)12-7-16-21(26-16)19(3)6-5-11-13(9-24-18(11)22)14(19)8-15-20(21,25-15)17(12)23-4;2*1-2/h10,12,14-17H,5-9H2,1-4H3;2*1-2H3. The number of rotatable bonds is 2. The minimum absolute atomic E-state index is 0.00376. The van der Waals surface area contributed by atoms with Gasteiger partial charge in [-0.1, -0.05) is 48.5 Å². The first-order valence-corrected chi connectivity index (χ1v) is 12.2. The Morgan fingerprint density at radius 2 is 1.77 bits per heavy atom. The molecule has 30 heavy (non-hydrogen) atoms. The Labute approximate surface area is 181 Å². The first kappa shape index (κ1) is 22.3. The van der Waals surface area contributed by atoms with E-state index in [0.29, 0.717) is 24.4 Å². The van der Waals surface area contributed by atoms with Crippen molar-refractivity contribution in [2.24, 2.45) is 23.2 Å². The molecule has 0 aromatic rings. The fraction of sp³-hybridized carbons (Fsp3) is 0.880. The summed E-state index contributed by atoms with van der Waals surface area (Å²) < 4.78 is 24.7. The van der Waals surface area contributed by atoms with Crippen molar-refractivity contribution in [3.05, 3.63) is 11.1 Å². The molecule has 8 unspecified atom stereocenters. The van der Waals surface area contributed by atoms with Gasteiger partial charge in [-0.3, -0.25) is 0 Å². The van der Waals surface area contributed by atoms with E-state index in [0.717, 1.165) is 31.3 Å². The van der Waals surface area contributed by atoms with Crippen LogP contribution >= 0.6 is 0 Å². The predicted octanol–water partition coefficient (Wildman–Crippen LogP) is 4.68. The van der Waals surface area contributed by atoms with Crippen molar-refractivity contribution in [3.63, 3.8) is 0 Å². The predicted molar refractivity (Wildman–Crippen MR) is 115 cm³/mol. The van der Waals surface area contributed by atoms with Gasteiger partial charge in [0.05, 0.1) is 18.3 Å². The molecular formula is C25H40O5. The van der Waals surface area contributed by atoms with Crippen molar-refractivity contribution in [1.29, 1.82) is 0 Å². The number of fused-ring (bicyclic) bond motifs is 2. The lowest BCUT2D eigenvalue weighted by Gasteiger charge is -2.54. The van der Waals surface area contributed by atoms with Crippen LogP contribution in [0.15, 0.2) is 11.1 Å². The Balaban J connectivity index is 0.000000516. The van der Waals surface area contributed by atoms with Crippen LogP contribution in [-0.4, -0.2) is 49.2 Å². The number of hydrogen-bond donors (Lipinski definition) is 0. The smallest absolute Gasteiger partial charge is 0.334 e. The average molecular weight is 421 g/mol. The highest BCUT2D eigenvalue weighted by molar-refractivity contribution is 5.92. The van der Waals surface area contributed by atoms with Crippen LogP contribution in [0.5, 0.6) is 0 Å². The molecule has 3 heterocycles. The normalized spacial score (nSPS) is 49.1. The van der Waals surface area contributed by atoms with E-state index in [9.17, 15) is 4.79 Å². The van der Waals surface area contributed by atoms with Crippen LogP contribution < -0.4 is 0 Å². The fourth-order valence-corrected chi connectivity index (χ4v) is 7.60. The number of methoxy groups -OCH3 is 1. The molecule has 0 radical (unpaired) electrons. The first-order chi connectivity index (χ1) is 14.4. The van der Waals surface area contributed by atoms with Gasteiger partial charge in [0.25, 0.3) is 0 Å². The number of hydrogen-bond acceptors (Lipinski definition) is 5. The molecule has 0 aromatic heterocycles. The Bertz CT molecular complexity index is 744. The fourth-order valence-electron chi connectivity index (χ4n) is 7.60. The zero-order chi connectivity index (χ0) is 22.1. The highest BCUT2D eigenvalue weighted by Crippen LogP contribution is 2.79. The second kappa shape index (κ2) is 7.31. The minimum atomic E-state index is -0.285. The van der Waals surface area contributed by atoms with Crippen LogP contribution in [0, 0.1) is 23.2 Å². The zero-order valence-electron chi connectivity index (χ0n) is 20.0. The molecule has 6 aliphatic rings. The topological polar surface area (TPSA) is 60.6 Å². The summed E-state index contributed by atoms with van der Waals surface area (Å²) >= 11 is 0. The van der Waals surface area contributed by atoms with E-state index in [2.05, 4.69) is 20.8 Å². The van der Waals surface area contributed by atoms with Crippen LogP contribution in [-0.2, 0) is 23.7 Å². The van der Waals surface area contributed by atoms with E-state index < -0.39 is 0 Å². The highest BCUT2D eigenvalue weighted by Gasteiger charge is 2.93. The van der Waals surface area contributed by atoms with Gasteiger partial charge in [-0.2, -0.15) is 0 Å². The van der Waals surface area contributed by atoms with E-state index >= 15 is 0 Å². The summed E-state index contributed by atoms with van der Waals surface area (Å²) in [6.07, 6.45) is 4.35. The van der Waals surface area contributed by atoms with Gasteiger partial charge in [-0.25, -0.2) is 4.79 Å². The molecular weight excluding hydrogens is 380 g/mol. The number of cyclic esters (lactones) is 1. The van der Waals surface area contributed by atoms with Crippen LogP contribution in [0.1, 0.15) is 74.1 Å². The molecule has 3 aliphatic heterocycles. The lowest BCUT2D eigenvalue weighted by atomic mass is 9.46. The molecule has 6 rings (SSSR count). The monoisotopic (exact) mass is 420 g/mol. The Hall–Kier alpha value is -0.910. The van der Waals surface area contributed by atoms with Crippen LogP contribution in [0.4, 0.5) is 0 Å². The minimum Gasteiger partial charge on any atom is -0.458 e. The van der Waals surface area contributed by atoms with Gasteiger partial charge in [0.1, 0.15) is 12.2 Å². The molecule has 0 N–H and O–H groups in total. The molecule has 2 saturated heterocycles. The molecule has 170 valence electrons. The van der Waals surface area contributed by atoms with E-state index in [1.54, 1.807) is 0 Å². The van der Waals surface area contributed by atoms with Crippen molar-refractivity contribution in [1.82, 2.24) is 0 Å². The lowest BCUT2D eigenvalue weighted by Crippen LogP contribution is -2.67. The summed E-state index contributed by atoms with van der Waals surface area (Å²) in [6.45, 7) is 15.4. The molecule has 8 atom stereocenters. The molecule has 0 bridgehead atoms. The summed E-state index contributed by atoms with van der Waals surface area (Å²) in [5, 5.41) is 0. The molecule has 0 amide bonds. The SMILES string of the molecule is CC.CC.COC1C(C(C)C)CC2OC23C2(C)CCC4=C(COC4=O)C2CC2OC213. The molecule has 5 heteroatoms. The molecule has 2 saturated carbocycles. The van der Waals surface area contributed by atoms with Gasteiger partial charge in [0.2, 0.25) is 0 Å². The van der Waals surface area contributed by atoms with Gasteiger partial charge in [-0.15, -0.1) is 0 Å². The van der Waals surface area contributed by atoms with E-state index in [4.69, 9.17) is 18.9 Å². The Kier molecular flexibility index (Phi) is 5.43. The summed E-state index contributed by atoms with van der Waals surface area (Å²) in [6, 6.07) is 0. The van der Waals surface area contributed by atoms with Crippen LogP contribution in [0.2, 0.25) is 0 Å². The maximum Gasteiger partial charge on any atom is 0.334 e. The third-order valence-corrected chi connectivity index (χ3v) is 8.85. The third-order valence-electron chi connectivity index (χ3n) is 8.85. The highest BCUT2D eigenvalue weighted by atomic mass is 16.7. The number of carbonyl (C=O) groups is 1. The van der Waals surface area contributed by atoms with E-state index in [1.165, 1.54) is 5.57 Å². The summed E-state index contributed by atoms with van der Waals surface area (Å²) in [7, 11) is 1.84. The maximum atomic E-state index is 12.1. The van der Waals surface area contributed by atoms with Crippen molar-refractivity contribution in [2.75, 3.05) is 13.7 Å². The molecule has 4 fully saturated rings. The third kappa shape index (κ3) is 2.38. The van der Waals surface area contributed by atoms with Crippen molar-refractivity contribution >= 4 is 5.97 Å². The van der Waals surface area contributed by atoms with Gasteiger partial charge < -0.3 is 18.9 Å². The Morgan fingerprint density at radius 1 is 1.07 bits per heavy atom. The molecule has 0 aromatic carbocycles. The number of epoxide rings is 2. The van der Waals surface area contributed by atoms with E-state index in [-0.39, 0.29) is 40.9 Å². The van der Waals surface area contributed by atoms with Crippen molar-refractivity contribution in [3.8, 4) is 0 Å². The second-order valence-electron chi connectivity index (χ2n) is 9.83. The van der Waals surface area contributed by atoms with Gasteiger partial charge in [0, 0.05) is 18.1 Å². The maximum absolute atomic E-state index is 12.1. The van der Waals surface area contributed by atoms with E-state index in [1.807, 2.05) is 34.8 Å².